The molecule has 1 aromatic rings. The van der Waals surface area contributed by atoms with Crippen LogP contribution in [0.1, 0.15) is 50.4 Å². The summed E-state index contributed by atoms with van der Waals surface area (Å²) in [6.45, 7) is 6.69. The van der Waals surface area contributed by atoms with Crippen LogP contribution < -0.4 is 5.32 Å². The molecule has 4 heteroatoms. The number of amides is 2. The normalized spacial score (nSPS) is 28.0. The van der Waals surface area contributed by atoms with Crippen LogP contribution in [-0.2, 0) is 4.79 Å². The molecule has 1 aromatic carbocycles. The third kappa shape index (κ3) is 3.16. The first kappa shape index (κ1) is 15.8. The van der Waals surface area contributed by atoms with Gasteiger partial charge in [-0.05, 0) is 55.9 Å². The molecule has 2 atom stereocenters. The average Bonchev–Trinajstić information content (AvgIpc) is 2.75. The zero-order valence-electron chi connectivity index (χ0n) is 14.1. The fourth-order valence-electron chi connectivity index (χ4n) is 4.04. The van der Waals surface area contributed by atoms with Gasteiger partial charge in [-0.2, -0.15) is 0 Å². The highest BCUT2D eigenvalue weighted by atomic mass is 16.2. The number of hydrogen-bond acceptors (Lipinski definition) is 2. The Hall–Kier alpha value is -2.10. The van der Waals surface area contributed by atoms with Gasteiger partial charge in [0.2, 0.25) is 5.91 Å². The summed E-state index contributed by atoms with van der Waals surface area (Å²) < 4.78 is 0. The van der Waals surface area contributed by atoms with E-state index in [1.807, 2.05) is 4.90 Å². The summed E-state index contributed by atoms with van der Waals surface area (Å²) in [4.78, 5) is 26.0. The van der Waals surface area contributed by atoms with Crippen molar-refractivity contribution < 1.29 is 9.59 Å². The molecular weight excluding hydrogens is 288 g/mol. The van der Waals surface area contributed by atoms with Crippen molar-refractivity contribution in [3.63, 3.8) is 0 Å². The van der Waals surface area contributed by atoms with Crippen molar-refractivity contribution in [3.8, 4) is 0 Å². The minimum atomic E-state index is -0.107. The predicted molar refractivity (Wildman–Crippen MR) is 91.3 cm³/mol. The highest BCUT2D eigenvalue weighted by Crippen LogP contribution is 2.47. The van der Waals surface area contributed by atoms with Crippen LogP contribution in [0, 0.1) is 5.41 Å². The SMILES string of the molecule is C/C=C1/CC2CC(C)(C1)CN2C(=O)c1ccc(NC(C)=O)cc1. The summed E-state index contributed by atoms with van der Waals surface area (Å²) in [6, 6.07) is 7.50. The van der Waals surface area contributed by atoms with E-state index in [4.69, 9.17) is 0 Å². The Bertz CT molecular complexity index is 662. The minimum absolute atomic E-state index is 0.102. The molecule has 3 rings (SSSR count). The van der Waals surface area contributed by atoms with Gasteiger partial charge in [0.25, 0.3) is 5.91 Å². The molecule has 2 bridgehead atoms. The molecule has 2 aliphatic rings. The molecule has 2 unspecified atom stereocenters. The monoisotopic (exact) mass is 312 g/mol. The third-order valence-electron chi connectivity index (χ3n) is 4.99. The van der Waals surface area contributed by atoms with Gasteiger partial charge in [-0.25, -0.2) is 0 Å². The van der Waals surface area contributed by atoms with E-state index >= 15 is 0 Å². The summed E-state index contributed by atoms with van der Waals surface area (Å²) >= 11 is 0. The van der Waals surface area contributed by atoms with E-state index in [1.165, 1.54) is 12.5 Å². The number of carbonyl (C=O) groups is 2. The lowest BCUT2D eigenvalue weighted by Gasteiger charge is -2.29. The second-order valence-electron chi connectivity index (χ2n) is 7.19. The maximum absolute atomic E-state index is 12.9. The summed E-state index contributed by atoms with van der Waals surface area (Å²) in [7, 11) is 0. The van der Waals surface area contributed by atoms with Crippen molar-refractivity contribution >= 4 is 17.5 Å². The molecule has 0 radical (unpaired) electrons. The number of nitrogens with one attached hydrogen (secondary N) is 1. The van der Waals surface area contributed by atoms with Crippen LogP contribution in [0.4, 0.5) is 5.69 Å². The van der Waals surface area contributed by atoms with E-state index in [2.05, 4.69) is 25.2 Å². The number of rotatable bonds is 2. The van der Waals surface area contributed by atoms with E-state index in [0.29, 0.717) is 11.6 Å². The van der Waals surface area contributed by atoms with Crippen LogP contribution in [0.3, 0.4) is 0 Å². The molecule has 1 saturated heterocycles. The standard InChI is InChI=1S/C19H24N2O2/c1-4-14-9-17-11-19(3,10-14)12-21(17)18(23)15-5-7-16(8-6-15)20-13(2)22/h4-8,17H,9-12H2,1-3H3,(H,20,22)/b14-4-. The van der Waals surface area contributed by atoms with Gasteiger partial charge in [-0.3, -0.25) is 9.59 Å². The number of anilines is 1. The van der Waals surface area contributed by atoms with E-state index in [0.717, 1.165) is 31.5 Å². The molecule has 1 aliphatic heterocycles. The smallest absolute Gasteiger partial charge is 0.254 e. The Morgan fingerprint density at radius 3 is 2.61 bits per heavy atom. The van der Waals surface area contributed by atoms with Gasteiger partial charge in [0.05, 0.1) is 0 Å². The lowest BCUT2D eigenvalue weighted by Crippen LogP contribution is -2.35. The number of benzene rings is 1. The number of carbonyl (C=O) groups excluding carboxylic acids is 2. The lowest BCUT2D eigenvalue weighted by atomic mass is 9.75. The second kappa shape index (κ2) is 5.84. The third-order valence-corrected chi connectivity index (χ3v) is 4.99. The number of hydrogen-bond donors (Lipinski definition) is 1. The first-order valence-corrected chi connectivity index (χ1v) is 8.23. The first-order valence-electron chi connectivity index (χ1n) is 8.23. The lowest BCUT2D eigenvalue weighted by molar-refractivity contribution is -0.114. The topological polar surface area (TPSA) is 49.4 Å². The summed E-state index contributed by atoms with van der Waals surface area (Å²) in [5, 5.41) is 2.73. The Morgan fingerprint density at radius 1 is 1.30 bits per heavy atom. The fourth-order valence-corrected chi connectivity index (χ4v) is 4.04. The van der Waals surface area contributed by atoms with E-state index in [1.54, 1.807) is 24.3 Å². The highest BCUT2D eigenvalue weighted by molar-refractivity contribution is 5.96. The zero-order chi connectivity index (χ0) is 16.6. The van der Waals surface area contributed by atoms with Crippen molar-refractivity contribution in [3.05, 3.63) is 41.5 Å². The summed E-state index contributed by atoms with van der Waals surface area (Å²) in [5.41, 5.74) is 3.10. The summed E-state index contributed by atoms with van der Waals surface area (Å²) in [6.07, 6.45) is 5.41. The van der Waals surface area contributed by atoms with Gasteiger partial charge in [-0.1, -0.05) is 18.6 Å². The zero-order valence-corrected chi connectivity index (χ0v) is 14.1. The highest BCUT2D eigenvalue weighted by Gasteiger charge is 2.46. The number of likely N-dealkylation sites (tertiary alicyclic amines) is 1. The first-order chi connectivity index (χ1) is 10.9. The molecule has 2 fully saturated rings. The molecule has 122 valence electrons. The predicted octanol–water partition coefficient (Wildman–Crippen LogP) is 3.61. The van der Waals surface area contributed by atoms with E-state index in [9.17, 15) is 9.59 Å². The molecular formula is C19H24N2O2. The number of allylic oxidation sites excluding steroid dienone is 1. The largest absolute Gasteiger partial charge is 0.335 e. The Balaban J connectivity index is 1.77. The number of fused-ring (bicyclic) bond motifs is 2. The molecule has 2 amide bonds. The van der Waals surface area contributed by atoms with Crippen LogP contribution in [0.15, 0.2) is 35.9 Å². The van der Waals surface area contributed by atoms with Crippen LogP contribution >= 0.6 is 0 Å². The maximum Gasteiger partial charge on any atom is 0.254 e. The van der Waals surface area contributed by atoms with Crippen LogP contribution in [0.2, 0.25) is 0 Å². The molecule has 0 spiro atoms. The Labute approximate surface area is 137 Å². The van der Waals surface area contributed by atoms with Crippen molar-refractivity contribution in [1.82, 2.24) is 4.90 Å². The fraction of sp³-hybridized carbons (Fsp3) is 0.474. The maximum atomic E-state index is 12.9. The molecule has 23 heavy (non-hydrogen) atoms. The van der Waals surface area contributed by atoms with Gasteiger partial charge >= 0.3 is 0 Å². The van der Waals surface area contributed by atoms with Crippen LogP contribution in [0.25, 0.3) is 0 Å². The quantitative estimate of drug-likeness (QED) is 0.848. The minimum Gasteiger partial charge on any atom is -0.335 e. The second-order valence-corrected chi connectivity index (χ2v) is 7.19. The van der Waals surface area contributed by atoms with Crippen LogP contribution in [0.5, 0.6) is 0 Å². The summed E-state index contributed by atoms with van der Waals surface area (Å²) in [5.74, 6) is -0.00493. The van der Waals surface area contributed by atoms with Gasteiger partial charge in [0.1, 0.15) is 0 Å². The Kier molecular flexibility index (Phi) is 4.00. The van der Waals surface area contributed by atoms with Crippen molar-refractivity contribution in [1.29, 1.82) is 0 Å². The molecule has 1 aliphatic carbocycles. The molecule has 0 aromatic heterocycles. The molecule has 1 saturated carbocycles. The Morgan fingerprint density at radius 2 is 2.00 bits per heavy atom. The molecule has 1 heterocycles. The van der Waals surface area contributed by atoms with Crippen molar-refractivity contribution in [2.75, 3.05) is 11.9 Å². The number of nitrogens with zero attached hydrogens (tertiary/aromatic N) is 1. The van der Waals surface area contributed by atoms with Gasteiger partial charge < -0.3 is 10.2 Å². The van der Waals surface area contributed by atoms with E-state index in [-0.39, 0.29) is 17.2 Å². The van der Waals surface area contributed by atoms with Crippen molar-refractivity contribution in [2.24, 2.45) is 5.41 Å². The van der Waals surface area contributed by atoms with Gasteiger partial charge in [0.15, 0.2) is 0 Å². The van der Waals surface area contributed by atoms with Gasteiger partial charge in [-0.15, -0.1) is 0 Å². The van der Waals surface area contributed by atoms with Crippen LogP contribution in [-0.4, -0.2) is 29.3 Å². The molecule has 1 N–H and O–H groups in total. The van der Waals surface area contributed by atoms with Crippen molar-refractivity contribution in [2.45, 2.75) is 46.1 Å². The average molecular weight is 312 g/mol. The van der Waals surface area contributed by atoms with Gasteiger partial charge in [0, 0.05) is 30.8 Å². The van der Waals surface area contributed by atoms with E-state index < -0.39 is 0 Å². The molecule has 4 nitrogen and oxygen atoms in total.